The molecule has 122 valence electrons. The van der Waals surface area contributed by atoms with Gasteiger partial charge in [-0.2, -0.15) is 17.5 Å². The summed E-state index contributed by atoms with van der Waals surface area (Å²) in [6, 6.07) is 3.15. The number of nitrogens with zero attached hydrogens (tertiary/aromatic N) is 1. The third-order valence-electron chi connectivity index (χ3n) is 3.77. The quantitative estimate of drug-likeness (QED) is 0.917. The molecule has 9 heteroatoms. The van der Waals surface area contributed by atoms with Gasteiger partial charge in [-0.3, -0.25) is 4.79 Å². The zero-order chi connectivity index (χ0) is 16.8. The number of hydrogen-bond acceptors (Lipinski definition) is 3. The molecule has 1 fully saturated rings. The molecule has 0 saturated carbocycles. The summed E-state index contributed by atoms with van der Waals surface area (Å²) < 4.78 is 63.2. The second-order valence-electron chi connectivity index (χ2n) is 5.48. The number of carbonyl (C=O) groups is 1. The minimum atomic E-state index is -4.54. The molecule has 1 aliphatic heterocycles. The molecule has 0 amide bonds. The van der Waals surface area contributed by atoms with Gasteiger partial charge in [-0.25, -0.2) is 8.42 Å². The predicted molar refractivity (Wildman–Crippen MR) is 70.6 cm³/mol. The van der Waals surface area contributed by atoms with E-state index < -0.39 is 33.1 Å². The van der Waals surface area contributed by atoms with Crippen LogP contribution in [-0.2, 0) is 21.0 Å². The molecular formula is C13H14F3NO4S. The minimum absolute atomic E-state index is 0.0200. The summed E-state index contributed by atoms with van der Waals surface area (Å²) in [7, 11) is -4.00. The van der Waals surface area contributed by atoms with Gasteiger partial charge in [0.15, 0.2) is 0 Å². The van der Waals surface area contributed by atoms with Gasteiger partial charge in [-0.05, 0) is 37.6 Å². The molecule has 1 saturated heterocycles. The lowest BCUT2D eigenvalue weighted by molar-refractivity contribution is -0.147. The number of alkyl halides is 3. The maximum atomic E-state index is 12.5. The number of carboxylic acids is 1. The van der Waals surface area contributed by atoms with Crippen molar-refractivity contribution in [2.45, 2.75) is 24.4 Å². The number of carboxylic acid groups (broad SMARTS) is 1. The molecule has 1 aliphatic rings. The first kappa shape index (κ1) is 16.8. The molecule has 0 aliphatic carbocycles. The Kier molecular flexibility index (Phi) is 3.99. The van der Waals surface area contributed by atoms with Crippen LogP contribution in [0.2, 0.25) is 0 Å². The Morgan fingerprint density at radius 2 is 1.82 bits per heavy atom. The van der Waals surface area contributed by atoms with Gasteiger partial charge in [0, 0.05) is 13.1 Å². The number of benzene rings is 1. The summed E-state index contributed by atoms with van der Waals surface area (Å²) in [5, 5.41) is 9.11. The lowest BCUT2D eigenvalue weighted by Crippen LogP contribution is -2.34. The van der Waals surface area contributed by atoms with Crippen molar-refractivity contribution >= 4 is 16.0 Å². The Bertz CT molecular complexity index is 684. The van der Waals surface area contributed by atoms with Crippen LogP contribution in [-0.4, -0.2) is 36.9 Å². The molecule has 2 rings (SSSR count). The highest BCUT2D eigenvalue weighted by molar-refractivity contribution is 7.89. The van der Waals surface area contributed by atoms with Crippen molar-refractivity contribution in [2.24, 2.45) is 5.41 Å². The topological polar surface area (TPSA) is 74.7 Å². The smallest absolute Gasteiger partial charge is 0.416 e. The number of hydrogen-bond donors (Lipinski definition) is 1. The summed E-state index contributed by atoms with van der Waals surface area (Å²) >= 11 is 0. The standard InChI is InChI=1S/C13H14F3NO4S/c1-12(11(18)19)6-7-17(8-12)22(20,21)10-4-2-9(3-5-10)13(14,15)16/h2-5H,6-8H2,1H3,(H,18,19). The van der Waals surface area contributed by atoms with Crippen molar-refractivity contribution in [1.29, 1.82) is 0 Å². The molecule has 5 nitrogen and oxygen atoms in total. The Labute approximate surface area is 125 Å². The van der Waals surface area contributed by atoms with Crippen LogP contribution in [0.15, 0.2) is 29.2 Å². The SMILES string of the molecule is CC1(C(=O)O)CCN(S(=O)(=O)c2ccc(C(F)(F)F)cc2)C1. The van der Waals surface area contributed by atoms with Crippen molar-refractivity contribution in [3.63, 3.8) is 0 Å². The highest BCUT2D eigenvalue weighted by Gasteiger charge is 2.45. The van der Waals surface area contributed by atoms with E-state index in [1.165, 1.54) is 6.92 Å². The molecule has 1 aromatic carbocycles. The lowest BCUT2D eigenvalue weighted by Gasteiger charge is -2.20. The van der Waals surface area contributed by atoms with Crippen LogP contribution in [0.5, 0.6) is 0 Å². The van der Waals surface area contributed by atoms with E-state index >= 15 is 0 Å². The van der Waals surface area contributed by atoms with Gasteiger partial charge in [0.05, 0.1) is 15.9 Å². The Morgan fingerprint density at radius 3 is 2.23 bits per heavy atom. The van der Waals surface area contributed by atoms with Gasteiger partial charge in [0.25, 0.3) is 0 Å². The van der Waals surface area contributed by atoms with Gasteiger partial charge >= 0.3 is 12.1 Å². The van der Waals surface area contributed by atoms with Crippen molar-refractivity contribution in [3.8, 4) is 0 Å². The summed E-state index contributed by atoms with van der Waals surface area (Å²) in [5.74, 6) is -1.10. The Morgan fingerprint density at radius 1 is 1.27 bits per heavy atom. The molecule has 22 heavy (non-hydrogen) atoms. The molecule has 0 radical (unpaired) electrons. The van der Waals surface area contributed by atoms with Crippen LogP contribution in [0.25, 0.3) is 0 Å². The van der Waals surface area contributed by atoms with E-state index in [4.69, 9.17) is 5.11 Å². The fourth-order valence-corrected chi connectivity index (χ4v) is 3.83. The zero-order valence-corrected chi connectivity index (χ0v) is 12.4. The van der Waals surface area contributed by atoms with Crippen molar-refractivity contribution in [1.82, 2.24) is 4.31 Å². The van der Waals surface area contributed by atoms with E-state index in [2.05, 4.69) is 0 Å². The molecule has 0 spiro atoms. The van der Waals surface area contributed by atoms with Crippen molar-refractivity contribution < 1.29 is 31.5 Å². The first-order chi connectivity index (χ1) is 9.97. The Hall–Kier alpha value is -1.61. The van der Waals surface area contributed by atoms with Crippen molar-refractivity contribution in [3.05, 3.63) is 29.8 Å². The number of sulfonamides is 1. The molecule has 1 N–H and O–H groups in total. The normalized spacial score (nSPS) is 23.6. The van der Waals surface area contributed by atoms with E-state index in [0.717, 1.165) is 16.4 Å². The highest BCUT2D eigenvalue weighted by atomic mass is 32.2. The van der Waals surface area contributed by atoms with Gasteiger partial charge in [-0.1, -0.05) is 0 Å². The molecule has 1 atom stereocenters. The summed E-state index contributed by atoms with van der Waals surface area (Å²) in [4.78, 5) is 10.9. The average Bonchev–Trinajstić information content (AvgIpc) is 2.83. The van der Waals surface area contributed by atoms with E-state index in [1.54, 1.807) is 0 Å². The van der Waals surface area contributed by atoms with Crippen LogP contribution in [0.3, 0.4) is 0 Å². The molecule has 1 heterocycles. The molecule has 1 aromatic rings. The van der Waals surface area contributed by atoms with Gasteiger partial charge in [0.1, 0.15) is 0 Å². The zero-order valence-electron chi connectivity index (χ0n) is 11.6. The second kappa shape index (κ2) is 5.24. The minimum Gasteiger partial charge on any atom is -0.481 e. The van der Waals surface area contributed by atoms with E-state index in [-0.39, 0.29) is 24.4 Å². The molecule has 1 unspecified atom stereocenters. The van der Waals surface area contributed by atoms with Crippen LogP contribution < -0.4 is 0 Å². The number of aliphatic carboxylic acids is 1. The third kappa shape index (κ3) is 2.95. The number of rotatable bonds is 3. The van der Waals surface area contributed by atoms with Crippen molar-refractivity contribution in [2.75, 3.05) is 13.1 Å². The molecular weight excluding hydrogens is 323 g/mol. The lowest BCUT2D eigenvalue weighted by atomic mass is 9.90. The average molecular weight is 337 g/mol. The van der Waals surface area contributed by atoms with Crippen LogP contribution >= 0.6 is 0 Å². The van der Waals surface area contributed by atoms with Crippen LogP contribution in [0.4, 0.5) is 13.2 Å². The van der Waals surface area contributed by atoms with Crippen LogP contribution in [0, 0.1) is 5.41 Å². The molecule has 0 bridgehead atoms. The maximum absolute atomic E-state index is 12.5. The van der Waals surface area contributed by atoms with E-state index in [0.29, 0.717) is 12.1 Å². The van der Waals surface area contributed by atoms with E-state index in [1.807, 2.05) is 0 Å². The third-order valence-corrected chi connectivity index (χ3v) is 5.63. The largest absolute Gasteiger partial charge is 0.481 e. The summed E-state index contributed by atoms with van der Waals surface area (Å²) in [5.41, 5.74) is -2.12. The van der Waals surface area contributed by atoms with Gasteiger partial charge in [0.2, 0.25) is 10.0 Å². The predicted octanol–water partition coefficient (Wildman–Crippen LogP) is 2.19. The monoisotopic (exact) mass is 337 g/mol. The van der Waals surface area contributed by atoms with Gasteiger partial charge < -0.3 is 5.11 Å². The highest BCUT2D eigenvalue weighted by Crippen LogP contribution is 2.35. The van der Waals surface area contributed by atoms with Gasteiger partial charge in [-0.15, -0.1) is 0 Å². The molecule has 0 aromatic heterocycles. The Balaban J connectivity index is 2.27. The first-order valence-electron chi connectivity index (χ1n) is 6.38. The number of halogens is 3. The fraction of sp³-hybridized carbons (Fsp3) is 0.462. The summed E-state index contributed by atoms with van der Waals surface area (Å²) in [6.07, 6.45) is -4.39. The van der Waals surface area contributed by atoms with Crippen LogP contribution in [0.1, 0.15) is 18.9 Å². The first-order valence-corrected chi connectivity index (χ1v) is 7.82. The maximum Gasteiger partial charge on any atom is 0.416 e. The second-order valence-corrected chi connectivity index (χ2v) is 7.41. The van der Waals surface area contributed by atoms with E-state index in [9.17, 15) is 26.4 Å². The fourth-order valence-electron chi connectivity index (χ4n) is 2.26. The summed E-state index contributed by atoms with van der Waals surface area (Å²) in [6.45, 7) is 1.26.